The van der Waals surface area contributed by atoms with Crippen molar-refractivity contribution in [2.24, 2.45) is 0 Å². The normalized spacial score (nSPS) is 9.81. The molecule has 0 fully saturated rings. The molecule has 2 N–H and O–H groups in total. The lowest BCUT2D eigenvalue weighted by Gasteiger charge is -2.17. The van der Waals surface area contributed by atoms with Gasteiger partial charge in [-0.1, -0.05) is 12.6 Å². The number of aromatic nitrogens is 1. The lowest BCUT2D eigenvalue weighted by atomic mass is 10.2. The van der Waals surface area contributed by atoms with Crippen LogP contribution in [-0.4, -0.2) is 24.4 Å². The van der Waals surface area contributed by atoms with Crippen LogP contribution in [0.3, 0.4) is 0 Å². The van der Waals surface area contributed by atoms with Crippen LogP contribution in [0.25, 0.3) is 0 Å². The van der Waals surface area contributed by atoms with Gasteiger partial charge >= 0.3 is 0 Å². The van der Waals surface area contributed by atoms with E-state index < -0.39 is 0 Å². The molecule has 16 heavy (non-hydrogen) atoms. The van der Waals surface area contributed by atoms with E-state index in [4.69, 9.17) is 5.73 Å². The molecule has 0 bridgehead atoms. The molecule has 0 aliphatic carbocycles. The standard InChI is InChI=1S/C12H17N3O/c1-3-10(16)6-5-9-15(2)12-8-4-7-11(13)14-12/h3-4,7-8H,1,5-6,9H2,2H3,(H2,13,14). The van der Waals surface area contributed by atoms with Gasteiger partial charge in [0.05, 0.1) is 0 Å². The third kappa shape index (κ3) is 3.73. The van der Waals surface area contributed by atoms with Crippen LogP contribution in [0.5, 0.6) is 0 Å². The van der Waals surface area contributed by atoms with Crippen LogP contribution in [0.4, 0.5) is 11.6 Å². The third-order valence-corrected chi connectivity index (χ3v) is 2.29. The summed E-state index contributed by atoms with van der Waals surface area (Å²) in [6.07, 6.45) is 2.67. The van der Waals surface area contributed by atoms with Crippen molar-refractivity contribution in [3.05, 3.63) is 30.9 Å². The maximum atomic E-state index is 11.0. The summed E-state index contributed by atoms with van der Waals surface area (Å²) in [6, 6.07) is 5.51. The smallest absolute Gasteiger partial charge is 0.155 e. The summed E-state index contributed by atoms with van der Waals surface area (Å²) in [5.74, 6) is 1.41. The average Bonchev–Trinajstić information content (AvgIpc) is 2.28. The highest BCUT2D eigenvalue weighted by atomic mass is 16.1. The van der Waals surface area contributed by atoms with Crippen molar-refractivity contribution in [2.75, 3.05) is 24.2 Å². The summed E-state index contributed by atoms with van der Waals surface area (Å²) in [4.78, 5) is 17.2. The molecule has 0 unspecified atom stereocenters. The molecule has 4 heteroatoms. The molecule has 0 saturated carbocycles. The van der Waals surface area contributed by atoms with Gasteiger partial charge in [0, 0.05) is 20.0 Å². The van der Waals surface area contributed by atoms with Gasteiger partial charge in [0.25, 0.3) is 0 Å². The lowest BCUT2D eigenvalue weighted by Crippen LogP contribution is -2.20. The van der Waals surface area contributed by atoms with Gasteiger partial charge in [0.2, 0.25) is 0 Å². The van der Waals surface area contributed by atoms with Crippen molar-refractivity contribution in [2.45, 2.75) is 12.8 Å². The molecule has 1 rings (SSSR count). The molecule has 0 spiro atoms. The Morgan fingerprint density at radius 3 is 3.00 bits per heavy atom. The van der Waals surface area contributed by atoms with E-state index in [1.165, 1.54) is 6.08 Å². The molecule has 0 atom stereocenters. The summed E-state index contributed by atoms with van der Waals surface area (Å²) in [5.41, 5.74) is 5.59. The van der Waals surface area contributed by atoms with Crippen molar-refractivity contribution in [3.8, 4) is 0 Å². The number of pyridine rings is 1. The summed E-state index contributed by atoms with van der Waals surface area (Å²) in [5, 5.41) is 0. The third-order valence-electron chi connectivity index (χ3n) is 2.29. The number of allylic oxidation sites excluding steroid dienone is 1. The van der Waals surface area contributed by atoms with Gasteiger partial charge in [0.1, 0.15) is 11.6 Å². The molecule has 1 aromatic rings. The fourth-order valence-electron chi connectivity index (χ4n) is 1.36. The van der Waals surface area contributed by atoms with Crippen molar-refractivity contribution in [1.29, 1.82) is 0 Å². The zero-order chi connectivity index (χ0) is 12.0. The van der Waals surface area contributed by atoms with E-state index in [0.29, 0.717) is 12.2 Å². The molecular formula is C12H17N3O. The van der Waals surface area contributed by atoms with Crippen LogP contribution in [0.1, 0.15) is 12.8 Å². The lowest BCUT2D eigenvalue weighted by molar-refractivity contribution is -0.114. The molecule has 86 valence electrons. The molecule has 1 aromatic heterocycles. The average molecular weight is 219 g/mol. The van der Waals surface area contributed by atoms with E-state index in [9.17, 15) is 4.79 Å². The van der Waals surface area contributed by atoms with Crippen LogP contribution in [-0.2, 0) is 4.79 Å². The molecule has 4 nitrogen and oxygen atoms in total. The minimum absolute atomic E-state index is 0.0777. The quantitative estimate of drug-likeness (QED) is 0.739. The first kappa shape index (κ1) is 12.2. The molecule has 1 heterocycles. The van der Waals surface area contributed by atoms with E-state index >= 15 is 0 Å². The fraction of sp³-hybridized carbons (Fsp3) is 0.333. The first-order chi connectivity index (χ1) is 7.63. The number of rotatable bonds is 6. The molecule has 0 amide bonds. The number of hydrogen-bond donors (Lipinski definition) is 1. The highest BCUT2D eigenvalue weighted by Crippen LogP contribution is 2.11. The summed E-state index contributed by atoms with van der Waals surface area (Å²) in [6.45, 7) is 4.21. The van der Waals surface area contributed by atoms with Crippen molar-refractivity contribution >= 4 is 17.4 Å². The van der Waals surface area contributed by atoms with Crippen molar-refractivity contribution in [3.63, 3.8) is 0 Å². The molecule has 0 aliphatic heterocycles. The number of carbonyl (C=O) groups is 1. The van der Waals surface area contributed by atoms with Gasteiger partial charge in [-0.3, -0.25) is 4.79 Å². The zero-order valence-corrected chi connectivity index (χ0v) is 9.52. The first-order valence-electron chi connectivity index (χ1n) is 5.22. The largest absolute Gasteiger partial charge is 0.384 e. The SMILES string of the molecule is C=CC(=O)CCCN(C)c1cccc(N)n1. The molecule has 0 aromatic carbocycles. The Hall–Kier alpha value is -1.84. The predicted molar refractivity (Wildman–Crippen MR) is 66.4 cm³/mol. The van der Waals surface area contributed by atoms with Crippen LogP contribution in [0.15, 0.2) is 30.9 Å². The Balaban J connectivity index is 2.43. The highest BCUT2D eigenvalue weighted by Gasteiger charge is 2.03. The second-order valence-electron chi connectivity index (χ2n) is 3.62. The Morgan fingerprint density at radius 1 is 1.62 bits per heavy atom. The van der Waals surface area contributed by atoms with Gasteiger partial charge in [-0.05, 0) is 24.6 Å². The van der Waals surface area contributed by atoms with Crippen LogP contribution >= 0.6 is 0 Å². The van der Waals surface area contributed by atoms with E-state index in [2.05, 4.69) is 11.6 Å². The second-order valence-corrected chi connectivity index (χ2v) is 3.62. The van der Waals surface area contributed by atoms with Crippen molar-refractivity contribution in [1.82, 2.24) is 4.98 Å². The predicted octanol–water partition coefficient (Wildman–Crippen LogP) is 1.64. The van der Waals surface area contributed by atoms with Gasteiger partial charge in [-0.25, -0.2) is 4.98 Å². The molecule has 0 radical (unpaired) electrons. The van der Waals surface area contributed by atoms with Crippen LogP contribution < -0.4 is 10.6 Å². The number of nitrogens with two attached hydrogens (primary N) is 1. The Bertz CT molecular complexity index is 376. The number of anilines is 2. The first-order valence-corrected chi connectivity index (χ1v) is 5.22. The minimum Gasteiger partial charge on any atom is -0.384 e. The Morgan fingerprint density at radius 2 is 2.38 bits per heavy atom. The van der Waals surface area contributed by atoms with E-state index in [-0.39, 0.29) is 5.78 Å². The number of carbonyl (C=O) groups excluding carboxylic acids is 1. The molecule has 0 aliphatic rings. The van der Waals surface area contributed by atoms with Crippen LogP contribution in [0.2, 0.25) is 0 Å². The fourth-order valence-corrected chi connectivity index (χ4v) is 1.36. The van der Waals surface area contributed by atoms with Gasteiger partial charge < -0.3 is 10.6 Å². The zero-order valence-electron chi connectivity index (χ0n) is 9.52. The number of ketones is 1. The topological polar surface area (TPSA) is 59.2 Å². The maximum absolute atomic E-state index is 11.0. The van der Waals surface area contributed by atoms with Gasteiger partial charge in [-0.2, -0.15) is 0 Å². The maximum Gasteiger partial charge on any atom is 0.155 e. The Labute approximate surface area is 95.8 Å². The summed E-state index contributed by atoms with van der Waals surface area (Å²) in [7, 11) is 1.93. The van der Waals surface area contributed by atoms with E-state index in [0.717, 1.165) is 18.8 Å². The van der Waals surface area contributed by atoms with Gasteiger partial charge in [-0.15, -0.1) is 0 Å². The Kier molecular flexibility index (Phi) is 4.51. The van der Waals surface area contributed by atoms with E-state index in [1.54, 1.807) is 6.07 Å². The minimum atomic E-state index is 0.0777. The van der Waals surface area contributed by atoms with Crippen LogP contribution in [0, 0.1) is 0 Å². The molecular weight excluding hydrogens is 202 g/mol. The highest BCUT2D eigenvalue weighted by molar-refractivity contribution is 5.88. The summed E-state index contributed by atoms with van der Waals surface area (Å²) >= 11 is 0. The van der Waals surface area contributed by atoms with Gasteiger partial charge in [0.15, 0.2) is 5.78 Å². The monoisotopic (exact) mass is 219 g/mol. The number of nitrogens with zero attached hydrogens (tertiary/aromatic N) is 2. The molecule has 0 saturated heterocycles. The van der Waals surface area contributed by atoms with Crippen molar-refractivity contribution < 1.29 is 4.79 Å². The van der Waals surface area contributed by atoms with E-state index in [1.807, 2.05) is 24.1 Å². The number of hydrogen-bond acceptors (Lipinski definition) is 4. The number of nitrogen functional groups attached to an aromatic ring is 1. The second kappa shape index (κ2) is 5.90. The summed E-state index contributed by atoms with van der Waals surface area (Å²) < 4.78 is 0.